The second kappa shape index (κ2) is 7.20. The molecule has 0 amide bonds. The molecule has 0 radical (unpaired) electrons. The number of nitrogens with zero attached hydrogens (tertiary/aromatic N) is 4. The van der Waals surface area contributed by atoms with Crippen molar-refractivity contribution in [1.29, 1.82) is 0 Å². The highest BCUT2D eigenvalue weighted by Gasteiger charge is 2.46. The molecule has 3 aromatic rings. The van der Waals surface area contributed by atoms with E-state index in [1.165, 1.54) is 10.1 Å². The highest BCUT2D eigenvalue weighted by molar-refractivity contribution is 5.46. The van der Waals surface area contributed by atoms with Gasteiger partial charge in [0.15, 0.2) is 0 Å². The Morgan fingerprint density at radius 3 is 2.57 bits per heavy atom. The molecule has 1 N–H and O–H groups in total. The van der Waals surface area contributed by atoms with Crippen LogP contribution in [0.15, 0.2) is 35.4 Å². The van der Waals surface area contributed by atoms with Crippen molar-refractivity contribution in [3.05, 3.63) is 63.6 Å². The average molecular weight is 381 g/mol. The molecule has 1 aliphatic carbocycles. The molecular formula is C20H23N5O3. The molecular weight excluding hydrogens is 358 g/mol. The molecule has 0 unspecified atom stereocenters. The van der Waals surface area contributed by atoms with Crippen LogP contribution in [0.1, 0.15) is 35.4 Å². The third-order valence-corrected chi connectivity index (χ3v) is 5.15. The maximum Gasteiger partial charge on any atom is 0.343 e. The summed E-state index contributed by atoms with van der Waals surface area (Å²) in [5.41, 5.74) is 2.89. The van der Waals surface area contributed by atoms with Crippen LogP contribution in [0.2, 0.25) is 0 Å². The quantitative estimate of drug-likeness (QED) is 0.676. The predicted octanol–water partition coefficient (Wildman–Crippen LogP) is 2.50. The Labute approximate surface area is 162 Å². The summed E-state index contributed by atoms with van der Waals surface area (Å²) in [5.74, 6) is 1.37. The highest BCUT2D eigenvalue weighted by atomic mass is 16.5. The van der Waals surface area contributed by atoms with E-state index in [-0.39, 0.29) is 17.1 Å². The number of aromatic nitrogens is 5. The van der Waals surface area contributed by atoms with E-state index in [9.17, 15) is 4.79 Å². The summed E-state index contributed by atoms with van der Waals surface area (Å²) in [6, 6.07) is 6.42. The Hall–Kier alpha value is -3.00. The zero-order valence-corrected chi connectivity index (χ0v) is 16.2. The molecule has 8 nitrogen and oxygen atoms in total. The molecule has 2 aromatic heterocycles. The van der Waals surface area contributed by atoms with Gasteiger partial charge in [-0.15, -0.1) is 0 Å². The van der Waals surface area contributed by atoms with E-state index in [4.69, 9.17) is 9.47 Å². The van der Waals surface area contributed by atoms with Gasteiger partial charge in [-0.25, -0.2) is 19.9 Å². The maximum absolute atomic E-state index is 11.7. The molecule has 2 heterocycles. The highest BCUT2D eigenvalue weighted by Crippen LogP contribution is 2.52. The first-order valence-electron chi connectivity index (χ1n) is 9.21. The zero-order chi connectivity index (χ0) is 19.7. The lowest BCUT2D eigenvalue weighted by atomic mass is 9.94. The fourth-order valence-electron chi connectivity index (χ4n) is 3.41. The van der Waals surface area contributed by atoms with Crippen LogP contribution in [-0.4, -0.2) is 38.4 Å². The van der Waals surface area contributed by atoms with Gasteiger partial charge in [-0.3, -0.25) is 4.57 Å². The van der Waals surface area contributed by atoms with E-state index in [0.717, 1.165) is 29.7 Å². The van der Waals surface area contributed by atoms with Gasteiger partial charge in [0, 0.05) is 36.0 Å². The van der Waals surface area contributed by atoms with Gasteiger partial charge >= 0.3 is 11.7 Å². The third kappa shape index (κ3) is 3.55. The molecule has 8 heteroatoms. The first kappa shape index (κ1) is 18.4. The van der Waals surface area contributed by atoms with Crippen LogP contribution in [0.4, 0.5) is 0 Å². The molecule has 1 aliphatic rings. The minimum Gasteiger partial charge on any atom is -0.424 e. The number of H-pyrrole nitrogens is 1. The predicted molar refractivity (Wildman–Crippen MR) is 103 cm³/mol. The lowest BCUT2D eigenvalue weighted by molar-refractivity contribution is 0.170. The minimum absolute atomic E-state index is 0.0238. The van der Waals surface area contributed by atoms with Crippen LogP contribution < -0.4 is 10.4 Å². The zero-order valence-electron chi connectivity index (χ0n) is 16.2. The van der Waals surface area contributed by atoms with Crippen LogP contribution in [0.25, 0.3) is 0 Å². The minimum atomic E-state index is -0.255. The number of methoxy groups -OCH3 is 1. The number of aryl methyl sites for hydroxylation is 2. The van der Waals surface area contributed by atoms with Crippen molar-refractivity contribution in [1.82, 2.24) is 24.7 Å². The van der Waals surface area contributed by atoms with Crippen molar-refractivity contribution in [3.63, 3.8) is 0 Å². The Morgan fingerprint density at radius 1 is 1.21 bits per heavy atom. The fraction of sp³-hybridized carbons (Fsp3) is 0.400. The molecule has 1 aromatic carbocycles. The summed E-state index contributed by atoms with van der Waals surface area (Å²) < 4.78 is 13.0. The third-order valence-electron chi connectivity index (χ3n) is 5.15. The van der Waals surface area contributed by atoms with Crippen LogP contribution in [-0.2, 0) is 16.7 Å². The maximum atomic E-state index is 11.7. The van der Waals surface area contributed by atoms with E-state index < -0.39 is 0 Å². The monoisotopic (exact) mass is 381 g/mol. The largest absolute Gasteiger partial charge is 0.424 e. The average Bonchev–Trinajstić information content (AvgIpc) is 3.40. The Balaban J connectivity index is 1.55. The van der Waals surface area contributed by atoms with Gasteiger partial charge < -0.3 is 9.47 Å². The van der Waals surface area contributed by atoms with Crippen molar-refractivity contribution in [2.24, 2.45) is 0 Å². The lowest BCUT2D eigenvalue weighted by Gasteiger charge is -2.19. The number of ether oxygens (including phenoxy) is 2. The molecule has 0 aliphatic heterocycles. The Kier molecular flexibility index (Phi) is 4.72. The van der Waals surface area contributed by atoms with Crippen molar-refractivity contribution in [3.8, 4) is 11.8 Å². The van der Waals surface area contributed by atoms with Gasteiger partial charge in [0.25, 0.3) is 0 Å². The van der Waals surface area contributed by atoms with E-state index in [2.05, 4.69) is 33.2 Å². The van der Waals surface area contributed by atoms with Crippen LogP contribution in [0.5, 0.6) is 11.8 Å². The smallest absolute Gasteiger partial charge is 0.343 e. The molecule has 1 saturated carbocycles. The molecule has 0 spiro atoms. The van der Waals surface area contributed by atoms with Crippen LogP contribution >= 0.6 is 0 Å². The van der Waals surface area contributed by atoms with Gasteiger partial charge in [-0.05, 0) is 32.8 Å². The number of aromatic amines is 1. The number of rotatable bonds is 7. The van der Waals surface area contributed by atoms with Gasteiger partial charge in [-0.2, -0.15) is 5.10 Å². The van der Waals surface area contributed by atoms with Crippen LogP contribution in [0, 0.1) is 13.8 Å². The summed E-state index contributed by atoms with van der Waals surface area (Å²) in [6.07, 6.45) is 5.49. The molecule has 1 fully saturated rings. The van der Waals surface area contributed by atoms with Crippen molar-refractivity contribution in [2.75, 3.05) is 13.7 Å². The Morgan fingerprint density at radius 2 is 1.96 bits per heavy atom. The summed E-state index contributed by atoms with van der Waals surface area (Å²) in [6.45, 7) is 4.86. The topological polar surface area (TPSA) is 94.9 Å². The molecule has 146 valence electrons. The van der Waals surface area contributed by atoms with E-state index in [1.807, 2.05) is 12.1 Å². The van der Waals surface area contributed by atoms with Crippen molar-refractivity contribution < 1.29 is 9.47 Å². The van der Waals surface area contributed by atoms with Crippen molar-refractivity contribution in [2.45, 2.75) is 38.6 Å². The van der Waals surface area contributed by atoms with Gasteiger partial charge in [0.2, 0.25) is 0 Å². The normalized spacial score (nSPS) is 14.8. The van der Waals surface area contributed by atoms with Gasteiger partial charge in [0.05, 0.1) is 13.2 Å². The summed E-state index contributed by atoms with van der Waals surface area (Å²) in [4.78, 5) is 20.4. The number of benzene rings is 1. The Bertz CT molecular complexity index is 1030. The van der Waals surface area contributed by atoms with Crippen LogP contribution in [0.3, 0.4) is 0 Å². The molecule has 0 atom stereocenters. The van der Waals surface area contributed by atoms with E-state index >= 15 is 0 Å². The molecule has 28 heavy (non-hydrogen) atoms. The molecule has 0 saturated heterocycles. The second-order valence-electron chi connectivity index (χ2n) is 7.35. The second-order valence-corrected chi connectivity index (χ2v) is 7.35. The fourth-order valence-corrected chi connectivity index (χ4v) is 3.41. The first-order chi connectivity index (χ1) is 13.5. The summed E-state index contributed by atoms with van der Waals surface area (Å²) >= 11 is 0. The number of hydrogen-bond donors (Lipinski definition) is 1. The van der Waals surface area contributed by atoms with Gasteiger partial charge in [-0.1, -0.05) is 17.7 Å². The lowest BCUT2D eigenvalue weighted by Crippen LogP contribution is -2.18. The van der Waals surface area contributed by atoms with E-state index in [0.29, 0.717) is 19.0 Å². The summed E-state index contributed by atoms with van der Waals surface area (Å²) in [7, 11) is 1.73. The van der Waals surface area contributed by atoms with Crippen molar-refractivity contribution >= 4 is 0 Å². The van der Waals surface area contributed by atoms with E-state index in [1.54, 1.807) is 26.4 Å². The summed E-state index contributed by atoms with van der Waals surface area (Å²) in [5, 5.41) is 6.32. The standard InChI is InChI=1S/C20H23N5O3/c1-13-4-5-17(16(8-13)20(6-7-20)12-27-3)28-18-21-9-15(10-22-18)11-25-14(2)23-24-19(25)26/h4-5,8-10H,6-7,11-12H2,1-3H3,(H,24,26). The van der Waals surface area contributed by atoms with Gasteiger partial charge in [0.1, 0.15) is 11.6 Å². The SMILES string of the molecule is COCC1(c2cc(C)ccc2Oc2ncc(Cn3c(C)n[nH]c3=O)cn2)CC1. The number of nitrogens with one attached hydrogen (secondary N) is 1. The number of hydrogen-bond acceptors (Lipinski definition) is 6. The molecule has 4 rings (SSSR count). The molecule has 0 bridgehead atoms. The first-order valence-corrected chi connectivity index (χ1v) is 9.21.